The summed E-state index contributed by atoms with van der Waals surface area (Å²) in [5, 5.41) is 11.4. The van der Waals surface area contributed by atoms with Crippen molar-refractivity contribution in [1.82, 2.24) is 13.9 Å². The van der Waals surface area contributed by atoms with Crippen LogP contribution in [0.25, 0.3) is 0 Å². The van der Waals surface area contributed by atoms with Gasteiger partial charge in [-0.2, -0.15) is 17.4 Å². The van der Waals surface area contributed by atoms with Crippen LogP contribution in [0.15, 0.2) is 66.1 Å². The maximum atomic E-state index is 13.3. The van der Waals surface area contributed by atoms with Crippen LogP contribution in [0.4, 0.5) is 5.69 Å². The lowest BCUT2D eigenvalue weighted by atomic mass is 10.2. The molecule has 2 aromatic carbocycles. The lowest BCUT2D eigenvalue weighted by Crippen LogP contribution is -2.52. The number of nitrogens with one attached hydrogen (secondary N) is 3. The fourth-order valence-corrected chi connectivity index (χ4v) is 5.31. The first-order valence-electron chi connectivity index (χ1n) is 12.2. The van der Waals surface area contributed by atoms with Gasteiger partial charge in [-0.05, 0) is 36.6 Å². The minimum absolute atomic E-state index is 0.0198. The van der Waals surface area contributed by atoms with Gasteiger partial charge in [0.05, 0.1) is 6.61 Å². The Morgan fingerprint density at radius 1 is 1.11 bits per heavy atom. The van der Waals surface area contributed by atoms with Gasteiger partial charge in [0.2, 0.25) is 5.76 Å². The third kappa shape index (κ3) is 7.32. The van der Waals surface area contributed by atoms with E-state index in [0.717, 1.165) is 24.6 Å². The summed E-state index contributed by atoms with van der Waals surface area (Å²) in [5.74, 6) is -0.439. The highest BCUT2D eigenvalue weighted by molar-refractivity contribution is 7.87. The largest absolute Gasteiger partial charge is 0.486 e. The van der Waals surface area contributed by atoms with Gasteiger partial charge >= 0.3 is 0 Å². The molecule has 1 amide bonds. The minimum Gasteiger partial charge on any atom is -0.486 e. The number of hydrogen-bond acceptors (Lipinski definition) is 6. The van der Waals surface area contributed by atoms with Crippen molar-refractivity contribution in [2.24, 2.45) is 5.41 Å². The van der Waals surface area contributed by atoms with Crippen LogP contribution in [0.1, 0.15) is 25.3 Å². The van der Waals surface area contributed by atoms with E-state index in [1.54, 1.807) is 24.3 Å². The molecule has 1 heterocycles. The molecular formula is C26H32ClN5O4S. The minimum atomic E-state index is -3.68. The second-order valence-electron chi connectivity index (χ2n) is 9.62. The summed E-state index contributed by atoms with van der Waals surface area (Å²) in [6.07, 6.45) is 3.13. The van der Waals surface area contributed by atoms with Gasteiger partial charge in [0.25, 0.3) is 16.1 Å². The Morgan fingerprint density at radius 3 is 2.43 bits per heavy atom. The summed E-state index contributed by atoms with van der Waals surface area (Å²) < 4.78 is 35.7. The number of carbonyl (C=O) groups excluding carboxylic acids is 1. The Bertz CT molecular complexity index is 1260. The number of benzene rings is 2. The molecule has 2 aromatic rings. The van der Waals surface area contributed by atoms with Crippen LogP contribution < -0.4 is 10.0 Å². The molecule has 2 fully saturated rings. The van der Waals surface area contributed by atoms with Crippen LogP contribution in [-0.2, 0) is 26.3 Å². The summed E-state index contributed by atoms with van der Waals surface area (Å²) in [6.45, 7) is 3.70. The number of carbonyl (C=O) groups is 1. The predicted octanol–water partition coefficient (Wildman–Crippen LogP) is 3.61. The SMILES string of the molecule is CC1(CO/C(C(=O)Nc2cccc(Cl)c2)=C(/C=N)N2CCN(S(=O)(=O)NCc3ccccc3)CC2)CC1. The highest BCUT2D eigenvalue weighted by Gasteiger charge is 2.39. The zero-order valence-corrected chi connectivity index (χ0v) is 22.3. The first kappa shape index (κ1) is 27.1. The number of allylic oxidation sites excluding steroid dienone is 1. The fourth-order valence-electron chi connectivity index (χ4n) is 3.95. The monoisotopic (exact) mass is 545 g/mol. The van der Waals surface area contributed by atoms with Gasteiger partial charge in [0.15, 0.2) is 0 Å². The quantitative estimate of drug-likeness (QED) is 0.227. The number of amides is 1. The van der Waals surface area contributed by atoms with Gasteiger partial charge < -0.3 is 20.4 Å². The third-order valence-electron chi connectivity index (χ3n) is 6.55. The number of halogens is 1. The first-order chi connectivity index (χ1) is 17.7. The van der Waals surface area contributed by atoms with Crippen molar-refractivity contribution in [3.63, 3.8) is 0 Å². The highest BCUT2D eigenvalue weighted by Crippen LogP contribution is 2.45. The molecule has 1 aliphatic carbocycles. The molecule has 2 aliphatic rings. The normalized spacial score (nSPS) is 18.1. The zero-order valence-electron chi connectivity index (χ0n) is 20.7. The van der Waals surface area contributed by atoms with Crippen molar-refractivity contribution in [2.75, 3.05) is 38.1 Å². The molecule has 1 saturated carbocycles. The van der Waals surface area contributed by atoms with Crippen LogP contribution in [-0.4, -0.2) is 62.5 Å². The van der Waals surface area contributed by atoms with Crippen molar-refractivity contribution in [1.29, 1.82) is 5.41 Å². The predicted molar refractivity (Wildman–Crippen MR) is 145 cm³/mol. The number of piperazine rings is 1. The molecule has 37 heavy (non-hydrogen) atoms. The maximum absolute atomic E-state index is 13.3. The van der Waals surface area contributed by atoms with E-state index in [9.17, 15) is 13.2 Å². The smallest absolute Gasteiger partial charge is 0.293 e. The Balaban J connectivity index is 1.46. The fraction of sp³-hybridized carbons (Fsp3) is 0.385. The molecule has 9 nitrogen and oxygen atoms in total. The summed E-state index contributed by atoms with van der Waals surface area (Å²) in [7, 11) is -3.68. The second kappa shape index (κ2) is 11.6. The van der Waals surface area contributed by atoms with Gasteiger partial charge in [0.1, 0.15) is 5.70 Å². The van der Waals surface area contributed by atoms with E-state index < -0.39 is 16.1 Å². The molecule has 198 valence electrons. The van der Waals surface area contributed by atoms with Crippen molar-refractivity contribution in [3.8, 4) is 0 Å². The molecule has 0 atom stereocenters. The van der Waals surface area contributed by atoms with E-state index in [1.165, 1.54) is 4.31 Å². The molecule has 0 unspecified atom stereocenters. The van der Waals surface area contributed by atoms with Crippen LogP contribution in [0.5, 0.6) is 0 Å². The number of rotatable bonds is 11. The van der Waals surface area contributed by atoms with Crippen molar-refractivity contribution in [3.05, 3.63) is 76.6 Å². The summed E-state index contributed by atoms with van der Waals surface area (Å²) >= 11 is 6.06. The molecule has 4 rings (SSSR count). The molecule has 0 aromatic heterocycles. The molecule has 3 N–H and O–H groups in total. The molecular weight excluding hydrogens is 514 g/mol. The topological polar surface area (TPSA) is 115 Å². The van der Waals surface area contributed by atoms with Gasteiger partial charge in [0, 0.05) is 55.1 Å². The van der Waals surface area contributed by atoms with Gasteiger partial charge in [-0.1, -0.05) is 54.9 Å². The van der Waals surface area contributed by atoms with Crippen LogP contribution >= 0.6 is 11.6 Å². The number of nitrogens with zero attached hydrogens (tertiary/aromatic N) is 2. The van der Waals surface area contributed by atoms with E-state index in [2.05, 4.69) is 17.0 Å². The second-order valence-corrected chi connectivity index (χ2v) is 11.8. The molecule has 1 aliphatic heterocycles. The molecule has 0 spiro atoms. The van der Waals surface area contributed by atoms with Gasteiger partial charge in [-0.15, -0.1) is 0 Å². The van der Waals surface area contributed by atoms with Crippen molar-refractivity contribution in [2.45, 2.75) is 26.3 Å². The number of ether oxygens (including phenoxy) is 1. The lowest BCUT2D eigenvalue weighted by molar-refractivity contribution is -0.116. The van der Waals surface area contributed by atoms with E-state index in [1.807, 2.05) is 35.2 Å². The molecule has 0 bridgehead atoms. The molecule has 0 radical (unpaired) electrons. The summed E-state index contributed by atoms with van der Waals surface area (Å²) in [4.78, 5) is 15.1. The molecule has 11 heteroatoms. The standard InChI is InChI=1S/C26H32ClN5O4S/c1-26(10-11-26)19-36-24(25(33)30-22-9-5-8-21(27)16-22)23(17-28)31-12-14-32(15-13-31)37(34,35)29-18-20-6-3-2-4-7-20/h2-9,16-17,28-29H,10-15,18-19H2,1H3,(H,30,33)/b24-23-,28-17?. The van der Waals surface area contributed by atoms with Gasteiger partial charge in [-0.25, -0.2) is 0 Å². The number of anilines is 1. The van der Waals surface area contributed by atoms with Crippen molar-refractivity contribution < 1.29 is 17.9 Å². The Morgan fingerprint density at radius 2 is 1.81 bits per heavy atom. The average molecular weight is 546 g/mol. The van der Waals surface area contributed by atoms with Crippen LogP contribution in [0.3, 0.4) is 0 Å². The van der Waals surface area contributed by atoms with E-state index in [4.69, 9.17) is 21.7 Å². The Hall–Kier alpha value is -2.92. The van der Waals surface area contributed by atoms with Crippen LogP contribution in [0.2, 0.25) is 5.02 Å². The van der Waals surface area contributed by atoms with E-state index in [0.29, 0.717) is 36.1 Å². The summed E-state index contributed by atoms with van der Waals surface area (Å²) in [5.41, 5.74) is 1.72. The summed E-state index contributed by atoms with van der Waals surface area (Å²) in [6, 6.07) is 16.1. The highest BCUT2D eigenvalue weighted by atomic mass is 35.5. The third-order valence-corrected chi connectivity index (χ3v) is 8.34. The number of hydrogen-bond donors (Lipinski definition) is 3. The van der Waals surface area contributed by atoms with Crippen molar-refractivity contribution >= 4 is 39.6 Å². The van der Waals surface area contributed by atoms with Crippen LogP contribution in [0, 0.1) is 10.8 Å². The average Bonchev–Trinajstić information content (AvgIpc) is 3.63. The first-order valence-corrected chi connectivity index (χ1v) is 14.0. The zero-order chi connectivity index (χ0) is 26.5. The van der Waals surface area contributed by atoms with E-state index in [-0.39, 0.29) is 30.8 Å². The lowest BCUT2D eigenvalue weighted by Gasteiger charge is -2.36. The van der Waals surface area contributed by atoms with Gasteiger partial charge in [-0.3, -0.25) is 4.79 Å². The Labute approximate surface area is 223 Å². The molecule has 1 saturated heterocycles. The van der Waals surface area contributed by atoms with E-state index >= 15 is 0 Å². The maximum Gasteiger partial charge on any atom is 0.293 e. The Kier molecular flexibility index (Phi) is 8.53.